The molecule has 7 nitrogen and oxygen atoms in total. The third kappa shape index (κ3) is 5.13. The highest BCUT2D eigenvalue weighted by molar-refractivity contribution is 7.89. The molecule has 0 aliphatic carbocycles. The average molecular weight is 361 g/mol. The number of aryl methyl sites for hydroxylation is 1. The Hall–Kier alpha value is -2.71. The van der Waals surface area contributed by atoms with Crippen LogP contribution < -0.4 is 15.4 Å². The Labute approximate surface area is 146 Å². The molecule has 8 heteroatoms. The second-order valence-corrected chi connectivity index (χ2v) is 7.24. The molecule has 0 bridgehead atoms. The van der Waals surface area contributed by atoms with Crippen molar-refractivity contribution in [2.24, 2.45) is 0 Å². The van der Waals surface area contributed by atoms with Gasteiger partial charge >= 0.3 is 11.8 Å². The number of hydrogen-bond donors (Lipinski definition) is 3. The van der Waals surface area contributed by atoms with E-state index in [0.29, 0.717) is 5.69 Å². The molecular formula is C17H19N3O4S. The van der Waals surface area contributed by atoms with Gasteiger partial charge in [0.25, 0.3) is 0 Å². The van der Waals surface area contributed by atoms with Gasteiger partial charge in [0.15, 0.2) is 0 Å². The summed E-state index contributed by atoms with van der Waals surface area (Å²) in [6.45, 7) is 2.18. The highest BCUT2D eigenvalue weighted by Crippen LogP contribution is 2.13. The van der Waals surface area contributed by atoms with E-state index >= 15 is 0 Å². The monoisotopic (exact) mass is 361 g/mol. The quantitative estimate of drug-likeness (QED) is 0.695. The fraction of sp³-hybridized carbons (Fsp3) is 0.176. The Morgan fingerprint density at radius 1 is 1.00 bits per heavy atom. The normalized spacial score (nSPS) is 11.0. The van der Waals surface area contributed by atoms with E-state index in [0.717, 1.165) is 11.1 Å². The van der Waals surface area contributed by atoms with E-state index < -0.39 is 21.8 Å². The maximum absolute atomic E-state index is 11.9. The first kappa shape index (κ1) is 18.6. The van der Waals surface area contributed by atoms with Gasteiger partial charge < -0.3 is 10.6 Å². The molecule has 0 saturated heterocycles. The Bertz CT molecular complexity index is 877. The number of carbonyl (C=O) groups is 2. The maximum Gasteiger partial charge on any atom is 0.313 e. The zero-order valence-corrected chi connectivity index (χ0v) is 14.7. The van der Waals surface area contributed by atoms with E-state index in [1.807, 2.05) is 31.2 Å². The van der Waals surface area contributed by atoms with Crippen molar-refractivity contribution in [1.82, 2.24) is 10.0 Å². The number of sulfonamides is 1. The maximum atomic E-state index is 11.9. The van der Waals surface area contributed by atoms with Crippen LogP contribution in [0.25, 0.3) is 0 Å². The first-order chi connectivity index (χ1) is 11.8. The Morgan fingerprint density at radius 2 is 1.68 bits per heavy atom. The lowest BCUT2D eigenvalue weighted by atomic mass is 10.1. The molecule has 2 aromatic rings. The van der Waals surface area contributed by atoms with Crippen LogP contribution >= 0.6 is 0 Å². The molecule has 2 amide bonds. The van der Waals surface area contributed by atoms with Gasteiger partial charge in [-0.05, 0) is 43.8 Å². The molecule has 0 aliphatic heterocycles. The zero-order chi connectivity index (χ0) is 18.4. The Morgan fingerprint density at radius 3 is 2.28 bits per heavy atom. The van der Waals surface area contributed by atoms with Crippen molar-refractivity contribution in [3.63, 3.8) is 0 Å². The van der Waals surface area contributed by atoms with Gasteiger partial charge in [-0.2, -0.15) is 0 Å². The van der Waals surface area contributed by atoms with E-state index in [-0.39, 0.29) is 11.4 Å². The Kier molecular flexibility index (Phi) is 5.89. The number of amides is 2. The largest absolute Gasteiger partial charge is 0.344 e. The van der Waals surface area contributed by atoms with Crippen LogP contribution in [0.15, 0.2) is 53.4 Å². The number of rotatable bonds is 5. The molecular weight excluding hydrogens is 342 g/mol. The van der Waals surface area contributed by atoms with Crippen LogP contribution in [0, 0.1) is 6.92 Å². The topological polar surface area (TPSA) is 104 Å². The van der Waals surface area contributed by atoms with Gasteiger partial charge in [-0.3, -0.25) is 9.59 Å². The zero-order valence-electron chi connectivity index (χ0n) is 13.9. The summed E-state index contributed by atoms with van der Waals surface area (Å²) in [5.74, 6) is -1.59. The summed E-state index contributed by atoms with van der Waals surface area (Å²) in [7, 11) is -2.24. The molecule has 2 rings (SSSR count). The summed E-state index contributed by atoms with van der Waals surface area (Å²) in [6.07, 6.45) is 0. The van der Waals surface area contributed by atoms with Gasteiger partial charge in [0, 0.05) is 12.2 Å². The minimum absolute atomic E-state index is 0.0666. The molecule has 0 heterocycles. The van der Waals surface area contributed by atoms with Crippen molar-refractivity contribution in [3.8, 4) is 0 Å². The lowest BCUT2D eigenvalue weighted by Gasteiger charge is -2.08. The van der Waals surface area contributed by atoms with Gasteiger partial charge in [0.05, 0.1) is 4.90 Å². The van der Waals surface area contributed by atoms with Crippen molar-refractivity contribution < 1.29 is 18.0 Å². The molecule has 0 fully saturated rings. The summed E-state index contributed by atoms with van der Waals surface area (Å²) in [4.78, 5) is 23.8. The van der Waals surface area contributed by atoms with Crippen LogP contribution in [0.1, 0.15) is 11.1 Å². The summed E-state index contributed by atoms with van der Waals surface area (Å²) in [5.41, 5.74) is 2.28. The van der Waals surface area contributed by atoms with Gasteiger partial charge in [-0.25, -0.2) is 13.1 Å². The van der Waals surface area contributed by atoms with Crippen molar-refractivity contribution in [3.05, 3.63) is 59.7 Å². The molecule has 3 N–H and O–H groups in total. The summed E-state index contributed by atoms with van der Waals surface area (Å²) in [5, 5.41) is 4.95. The Balaban J connectivity index is 1.93. The van der Waals surface area contributed by atoms with Crippen LogP contribution in [-0.4, -0.2) is 27.3 Å². The number of anilines is 1. The molecule has 2 aromatic carbocycles. The lowest BCUT2D eigenvalue weighted by molar-refractivity contribution is -0.136. The third-order valence-electron chi connectivity index (χ3n) is 3.43. The van der Waals surface area contributed by atoms with Crippen LogP contribution in [-0.2, 0) is 26.2 Å². The number of nitrogens with one attached hydrogen (secondary N) is 3. The number of hydrogen-bond acceptors (Lipinski definition) is 4. The molecule has 132 valence electrons. The van der Waals surface area contributed by atoms with Crippen molar-refractivity contribution >= 4 is 27.5 Å². The molecule has 0 aliphatic rings. The van der Waals surface area contributed by atoms with Crippen molar-refractivity contribution in [1.29, 1.82) is 0 Å². The second-order valence-electron chi connectivity index (χ2n) is 5.36. The summed E-state index contributed by atoms with van der Waals surface area (Å²) < 4.78 is 25.4. The summed E-state index contributed by atoms with van der Waals surface area (Å²) in [6, 6.07) is 13.1. The van der Waals surface area contributed by atoms with Crippen molar-refractivity contribution in [2.45, 2.75) is 18.4 Å². The molecule has 0 unspecified atom stereocenters. The molecule has 0 aromatic heterocycles. The molecule has 0 radical (unpaired) electrons. The molecule has 0 atom stereocenters. The van der Waals surface area contributed by atoms with E-state index in [1.165, 1.54) is 31.3 Å². The smallest absolute Gasteiger partial charge is 0.313 e. The van der Waals surface area contributed by atoms with Crippen LogP contribution in [0.2, 0.25) is 0 Å². The minimum Gasteiger partial charge on any atom is -0.344 e. The van der Waals surface area contributed by atoms with Gasteiger partial charge in [-0.1, -0.05) is 29.8 Å². The minimum atomic E-state index is -3.54. The molecule has 25 heavy (non-hydrogen) atoms. The predicted octanol–water partition coefficient (Wildman–Crippen LogP) is 1.16. The van der Waals surface area contributed by atoms with Crippen LogP contribution in [0.5, 0.6) is 0 Å². The van der Waals surface area contributed by atoms with E-state index in [9.17, 15) is 18.0 Å². The number of benzene rings is 2. The summed E-state index contributed by atoms with van der Waals surface area (Å²) >= 11 is 0. The van der Waals surface area contributed by atoms with E-state index in [4.69, 9.17) is 0 Å². The average Bonchev–Trinajstić information content (AvgIpc) is 2.60. The van der Waals surface area contributed by atoms with E-state index in [1.54, 1.807) is 0 Å². The second kappa shape index (κ2) is 7.91. The van der Waals surface area contributed by atoms with E-state index in [2.05, 4.69) is 15.4 Å². The number of carbonyl (C=O) groups excluding carboxylic acids is 2. The first-order valence-corrected chi connectivity index (χ1v) is 8.98. The van der Waals surface area contributed by atoms with Gasteiger partial charge in [0.2, 0.25) is 10.0 Å². The first-order valence-electron chi connectivity index (χ1n) is 7.50. The molecule has 0 saturated carbocycles. The highest BCUT2D eigenvalue weighted by Gasteiger charge is 2.15. The fourth-order valence-electron chi connectivity index (χ4n) is 2.11. The lowest BCUT2D eigenvalue weighted by Crippen LogP contribution is -2.34. The SMILES string of the molecule is CNS(=O)(=O)c1ccc(NC(=O)C(=O)NCc2cccc(C)c2)cc1. The van der Waals surface area contributed by atoms with Crippen LogP contribution in [0.4, 0.5) is 5.69 Å². The van der Waals surface area contributed by atoms with Crippen LogP contribution in [0.3, 0.4) is 0 Å². The van der Waals surface area contributed by atoms with Gasteiger partial charge in [-0.15, -0.1) is 0 Å². The van der Waals surface area contributed by atoms with Crippen molar-refractivity contribution in [2.75, 3.05) is 12.4 Å². The third-order valence-corrected chi connectivity index (χ3v) is 4.86. The highest BCUT2D eigenvalue weighted by atomic mass is 32.2. The standard InChI is InChI=1S/C17H19N3O4S/c1-12-4-3-5-13(10-12)11-19-16(21)17(22)20-14-6-8-15(9-7-14)25(23,24)18-2/h3-10,18H,11H2,1-2H3,(H,19,21)(H,20,22). The molecule has 0 spiro atoms. The fourth-order valence-corrected chi connectivity index (χ4v) is 2.84. The van der Waals surface area contributed by atoms with Gasteiger partial charge in [0.1, 0.15) is 0 Å². The predicted molar refractivity (Wildman–Crippen MR) is 94.3 cm³/mol.